The Hall–Kier alpha value is -2.25. The average Bonchev–Trinajstić information content (AvgIpc) is 2.49. The topological polar surface area (TPSA) is 43.2 Å². The second kappa shape index (κ2) is 5.03. The van der Waals surface area contributed by atoms with Crippen LogP contribution in [0.5, 0.6) is 0 Å². The molecule has 1 aromatic carbocycles. The van der Waals surface area contributed by atoms with E-state index in [1.807, 2.05) is 18.2 Å². The molecule has 0 saturated carbocycles. The van der Waals surface area contributed by atoms with Gasteiger partial charge in [-0.25, -0.2) is 4.98 Å². The molecule has 5 heteroatoms. The molecule has 1 aliphatic rings. The smallest absolute Gasteiger partial charge is 0.153 e. The molecule has 0 aliphatic carbocycles. The van der Waals surface area contributed by atoms with E-state index in [0.717, 1.165) is 24.5 Å². The molecule has 0 saturated heterocycles. The highest BCUT2D eigenvalue weighted by molar-refractivity contribution is 6.34. The third kappa shape index (κ3) is 1.97. The number of nitrogens with zero attached hydrogens (tertiary/aromatic N) is 4. The summed E-state index contributed by atoms with van der Waals surface area (Å²) in [5.41, 5.74) is 2.65. The predicted molar refractivity (Wildman–Crippen MR) is 80.7 cm³/mol. The van der Waals surface area contributed by atoms with Gasteiger partial charge >= 0.3 is 0 Å². The summed E-state index contributed by atoms with van der Waals surface area (Å²) in [6, 6.07) is 11.9. The molecule has 20 heavy (non-hydrogen) atoms. The summed E-state index contributed by atoms with van der Waals surface area (Å²) in [6.07, 6.45) is 1.63. The summed E-state index contributed by atoms with van der Waals surface area (Å²) in [5.74, 6) is 0.645. The molecule has 0 unspecified atom stereocenters. The van der Waals surface area contributed by atoms with Gasteiger partial charge in [-0.3, -0.25) is 0 Å². The number of hydrogen-bond donors (Lipinski definition) is 0. The van der Waals surface area contributed by atoms with Gasteiger partial charge in [0, 0.05) is 26.3 Å². The molecule has 0 bridgehead atoms. The molecule has 0 atom stereocenters. The van der Waals surface area contributed by atoms with Crippen molar-refractivity contribution in [2.75, 3.05) is 29.9 Å². The predicted octanol–water partition coefficient (Wildman–Crippen LogP) is 3.19. The van der Waals surface area contributed by atoms with Crippen LogP contribution in [-0.2, 0) is 0 Å². The summed E-state index contributed by atoms with van der Waals surface area (Å²) in [6.45, 7) is 1.67. The van der Waals surface area contributed by atoms with Crippen molar-refractivity contribution in [3.63, 3.8) is 0 Å². The Labute approximate surface area is 122 Å². The van der Waals surface area contributed by atoms with Crippen LogP contribution in [0, 0.1) is 11.3 Å². The third-order valence-corrected chi connectivity index (χ3v) is 3.86. The van der Waals surface area contributed by atoms with Gasteiger partial charge in [0.2, 0.25) is 0 Å². The molecule has 3 rings (SSSR count). The lowest BCUT2D eigenvalue weighted by Crippen LogP contribution is -2.36. The minimum absolute atomic E-state index is 0.411. The number of nitriles is 1. The second-order valence-electron chi connectivity index (χ2n) is 4.67. The van der Waals surface area contributed by atoms with E-state index in [2.05, 4.69) is 34.0 Å². The Kier molecular flexibility index (Phi) is 3.21. The van der Waals surface area contributed by atoms with Gasteiger partial charge in [0.05, 0.1) is 16.9 Å². The van der Waals surface area contributed by atoms with Gasteiger partial charge in [0.15, 0.2) is 5.82 Å². The Balaban J connectivity index is 2.13. The largest absolute Gasteiger partial charge is 0.371 e. The van der Waals surface area contributed by atoms with Crippen molar-refractivity contribution in [2.24, 2.45) is 0 Å². The molecule has 0 spiro atoms. The zero-order chi connectivity index (χ0) is 14.1. The number of para-hydroxylation sites is 2. The summed E-state index contributed by atoms with van der Waals surface area (Å²) < 4.78 is 0. The molecule has 2 heterocycles. The lowest BCUT2D eigenvalue weighted by molar-refractivity contribution is 0.813. The van der Waals surface area contributed by atoms with Gasteiger partial charge in [-0.1, -0.05) is 23.7 Å². The van der Waals surface area contributed by atoms with Gasteiger partial charge in [-0.15, -0.1) is 0 Å². The van der Waals surface area contributed by atoms with Crippen LogP contribution in [0.3, 0.4) is 0 Å². The van der Waals surface area contributed by atoms with Crippen molar-refractivity contribution in [1.82, 2.24) is 4.98 Å². The maximum atomic E-state index is 9.09. The summed E-state index contributed by atoms with van der Waals surface area (Å²) in [5, 5.41) is 9.50. The lowest BCUT2D eigenvalue weighted by atomic mass is 10.1. The molecule has 2 aromatic rings. The zero-order valence-electron chi connectivity index (χ0n) is 11.0. The fraction of sp³-hybridized carbons (Fsp3) is 0.200. The number of anilines is 3. The first-order chi connectivity index (χ1) is 9.72. The van der Waals surface area contributed by atoms with Crippen molar-refractivity contribution in [3.8, 4) is 6.07 Å². The van der Waals surface area contributed by atoms with Gasteiger partial charge in [-0.05, 0) is 18.2 Å². The number of pyridine rings is 1. The molecule has 1 aromatic heterocycles. The minimum atomic E-state index is 0.411. The highest BCUT2D eigenvalue weighted by Gasteiger charge is 2.24. The Morgan fingerprint density at radius 2 is 1.95 bits per heavy atom. The molecule has 100 valence electrons. The first-order valence-electron chi connectivity index (χ1n) is 6.34. The number of hydrogen-bond acceptors (Lipinski definition) is 4. The number of benzene rings is 1. The van der Waals surface area contributed by atoms with Crippen LogP contribution in [0.25, 0.3) is 0 Å². The number of likely N-dealkylation sites (N-methyl/N-ethyl adjacent to an activating group) is 1. The average molecular weight is 285 g/mol. The number of halogens is 1. The normalized spacial score (nSPS) is 13.8. The molecule has 4 nitrogen and oxygen atoms in total. The summed E-state index contributed by atoms with van der Waals surface area (Å²) >= 11 is 6.30. The fourth-order valence-electron chi connectivity index (χ4n) is 2.43. The van der Waals surface area contributed by atoms with E-state index in [1.165, 1.54) is 0 Å². The van der Waals surface area contributed by atoms with E-state index in [0.29, 0.717) is 16.4 Å². The van der Waals surface area contributed by atoms with Crippen LogP contribution in [0.15, 0.2) is 36.5 Å². The van der Waals surface area contributed by atoms with Crippen molar-refractivity contribution < 1.29 is 0 Å². The quantitative estimate of drug-likeness (QED) is 0.806. The van der Waals surface area contributed by atoms with Gasteiger partial charge < -0.3 is 9.80 Å². The van der Waals surface area contributed by atoms with Crippen LogP contribution >= 0.6 is 11.6 Å². The van der Waals surface area contributed by atoms with Crippen LogP contribution < -0.4 is 9.80 Å². The van der Waals surface area contributed by atoms with Crippen LogP contribution in [-0.4, -0.2) is 25.1 Å². The zero-order valence-corrected chi connectivity index (χ0v) is 11.8. The second-order valence-corrected chi connectivity index (χ2v) is 5.05. The van der Waals surface area contributed by atoms with Gasteiger partial charge in [0.25, 0.3) is 0 Å². The van der Waals surface area contributed by atoms with Crippen molar-refractivity contribution in [3.05, 3.63) is 47.1 Å². The molecule has 0 N–H and O–H groups in total. The van der Waals surface area contributed by atoms with Crippen LogP contribution in [0.1, 0.15) is 5.56 Å². The Morgan fingerprint density at radius 1 is 1.20 bits per heavy atom. The van der Waals surface area contributed by atoms with Crippen LogP contribution in [0.2, 0.25) is 5.02 Å². The Morgan fingerprint density at radius 3 is 2.70 bits per heavy atom. The fourth-order valence-corrected chi connectivity index (χ4v) is 2.69. The highest BCUT2D eigenvalue weighted by atomic mass is 35.5. The molecule has 1 aliphatic heterocycles. The van der Waals surface area contributed by atoms with Gasteiger partial charge in [0.1, 0.15) is 11.1 Å². The van der Waals surface area contributed by atoms with Crippen molar-refractivity contribution >= 4 is 28.8 Å². The van der Waals surface area contributed by atoms with E-state index >= 15 is 0 Å². The van der Waals surface area contributed by atoms with E-state index in [9.17, 15) is 0 Å². The first kappa shape index (κ1) is 12.8. The molecule has 0 radical (unpaired) electrons. The van der Waals surface area contributed by atoms with E-state index in [-0.39, 0.29) is 0 Å². The first-order valence-corrected chi connectivity index (χ1v) is 6.72. The van der Waals surface area contributed by atoms with Crippen LogP contribution in [0.4, 0.5) is 17.2 Å². The number of rotatable bonds is 1. The lowest BCUT2D eigenvalue weighted by Gasteiger charge is -2.36. The van der Waals surface area contributed by atoms with E-state index in [1.54, 1.807) is 12.3 Å². The van der Waals surface area contributed by atoms with Crippen molar-refractivity contribution in [1.29, 1.82) is 5.26 Å². The van der Waals surface area contributed by atoms with E-state index < -0.39 is 0 Å². The third-order valence-electron chi connectivity index (χ3n) is 3.49. The SMILES string of the molecule is CN1CCN(c2nccc(C#N)c2Cl)c2ccccc21. The molecule has 0 amide bonds. The van der Waals surface area contributed by atoms with Crippen molar-refractivity contribution in [2.45, 2.75) is 0 Å². The highest BCUT2D eigenvalue weighted by Crippen LogP contribution is 2.39. The molecular weight excluding hydrogens is 272 g/mol. The number of fused-ring (bicyclic) bond motifs is 1. The molecular formula is C15H13ClN4. The number of aromatic nitrogens is 1. The maximum Gasteiger partial charge on any atom is 0.153 e. The molecule has 0 fully saturated rings. The summed E-state index contributed by atoms with van der Waals surface area (Å²) in [4.78, 5) is 8.63. The maximum absolute atomic E-state index is 9.09. The standard InChI is InChI=1S/C15H13ClN4/c1-19-8-9-20(13-5-3-2-4-12(13)19)15-14(16)11(10-17)6-7-18-15/h2-7H,8-9H2,1H3. The summed E-state index contributed by atoms with van der Waals surface area (Å²) in [7, 11) is 2.07. The van der Waals surface area contributed by atoms with Gasteiger partial charge in [-0.2, -0.15) is 5.26 Å². The van der Waals surface area contributed by atoms with E-state index in [4.69, 9.17) is 16.9 Å². The minimum Gasteiger partial charge on any atom is -0.371 e. The monoisotopic (exact) mass is 284 g/mol. The Bertz CT molecular complexity index is 693.